The van der Waals surface area contributed by atoms with Gasteiger partial charge in [-0.15, -0.1) is 45.9 Å². The molecule has 1 unspecified atom stereocenters. The normalized spacial score (nSPS) is 15.9. The van der Waals surface area contributed by atoms with Crippen molar-refractivity contribution in [1.82, 2.24) is 0 Å². The Kier molecular flexibility index (Phi) is 12.0. The van der Waals surface area contributed by atoms with Gasteiger partial charge >= 0.3 is 26.2 Å². The van der Waals surface area contributed by atoms with Gasteiger partial charge in [0.2, 0.25) is 0 Å². The van der Waals surface area contributed by atoms with Gasteiger partial charge in [0.25, 0.3) is 0 Å². The quantitative estimate of drug-likeness (QED) is 0.164. The van der Waals surface area contributed by atoms with Crippen LogP contribution in [-0.2, 0) is 32.6 Å². The summed E-state index contributed by atoms with van der Waals surface area (Å²) in [6, 6.07) is 22.7. The van der Waals surface area contributed by atoms with Crippen molar-refractivity contribution in [3.8, 4) is 11.1 Å². The molecule has 3 aliphatic rings. The van der Waals surface area contributed by atoms with Crippen LogP contribution in [0.2, 0.25) is 13.1 Å². The van der Waals surface area contributed by atoms with E-state index >= 15 is 0 Å². The molecule has 0 amide bonds. The van der Waals surface area contributed by atoms with E-state index < -0.39 is 8.07 Å². The first-order valence-electron chi connectivity index (χ1n) is 13.4. The molecule has 3 aromatic carbocycles. The zero-order valence-corrected chi connectivity index (χ0v) is 29.3. The summed E-state index contributed by atoms with van der Waals surface area (Å²) < 4.78 is 0. The van der Waals surface area contributed by atoms with Gasteiger partial charge in [0.1, 0.15) is 0 Å². The van der Waals surface area contributed by atoms with Crippen LogP contribution in [0.25, 0.3) is 27.1 Å². The third kappa shape index (κ3) is 6.23. The molecule has 1 radical (unpaired) electrons. The first-order chi connectivity index (χ1) is 16.8. The Bertz CT molecular complexity index is 1390. The van der Waals surface area contributed by atoms with Crippen LogP contribution in [0.4, 0.5) is 0 Å². The number of hydrogen-bond donors (Lipinski definition) is 0. The summed E-state index contributed by atoms with van der Waals surface area (Å²) in [6.07, 6.45) is 6.54. The van der Waals surface area contributed by atoms with E-state index in [-0.39, 0.29) is 51.0 Å². The van der Waals surface area contributed by atoms with Gasteiger partial charge in [0.15, 0.2) is 0 Å². The maximum Gasteiger partial charge on any atom is 3.00 e. The molecule has 0 nitrogen and oxygen atoms in total. The number of aryl methyl sites for hydroxylation is 3. The molecule has 0 N–H and O–H groups in total. The Balaban J connectivity index is 0.000000273. The summed E-state index contributed by atoms with van der Waals surface area (Å²) in [5, 5.41) is 4.49. The Labute approximate surface area is 266 Å². The van der Waals surface area contributed by atoms with Crippen molar-refractivity contribution in [2.24, 2.45) is 0 Å². The molecule has 0 saturated carbocycles. The van der Waals surface area contributed by atoms with Gasteiger partial charge in [0, 0.05) is 15.3 Å². The smallest absolute Gasteiger partial charge is 1.00 e. The van der Waals surface area contributed by atoms with Crippen molar-refractivity contribution in [3.05, 3.63) is 92.7 Å². The van der Waals surface area contributed by atoms with Crippen molar-refractivity contribution >= 4 is 35.4 Å². The molecular formula is C33H39Cl2SSiZr. The van der Waals surface area contributed by atoms with Gasteiger partial charge in [-0.05, 0) is 49.4 Å². The summed E-state index contributed by atoms with van der Waals surface area (Å²) in [5.41, 5.74) is 9.69. The zero-order chi connectivity index (χ0) is 24.7. The van der Waals surface area contributed by atoms with E-state index in [1.54, 1.807) is 21.2 Å². The van der Waals surface area contributed by atoms with Crippen LogP contribution in [-0.4, -0.2) is 8.07 Å². The Morgan fingerprint density at radius 1 is 0.868 bits per heavy atom. The van der Waals surface area contributed by atoms with Crippen LogP contribution in [0.15, 0.2) is 66.2 Å². The average Bonchev–Trinajstić information content (AvgIpc) is 3.51. The minimum Gasteiger partial charge on any atom is -1.00 e. The van der Waals surface area contributed by atoms with E-state index in [4.69, 9.17) is 0 Å². The second kappa shape index (κ2) is 13.7. The first-order valence-corrected chi connectivity index (χ1v) is 17.3. The third-order valence-electron chi connectivity index (χ3n) is 8.09. The molecule has 7 rings (SSSR count). The van der Waals surface area contributed by atoms with Crippen molar-refractivity contribution in [2.75, 3.05) is 0 Å². The number of rotatable bonds is 6. The molecule has 38 heavy (non-hydrogen) atoms. The molecule has 0 saturated heterocycles. The second-order valence-electron chi connectivity index (χ2n) is 11.2. The van der Waals surface area contributed by atoms with Crippen molar-refractivity contribution in [1.29, 1.82) is 0 Å². The van der Waals surface area contributed by atoms with E-state index in [0.717, 1.165) is 5.54 Å². The molecule has 1 aliphatic carbocycles. The van der Waals surface area contributed by atoms with E-state index in [2.05, 4.69) is 101 Å². The molecule has 199 valence electrons. The molecule has 0 fully saturated rings. The molecule has 3 heterocycles. The molecule has 1 aromatic heterocycles. The van der Waals surface area contributed by atoms with Crippen LogP contribution >= 0.6 is 11.3 Å². The largest absolute Gasteiger partial charge is 3.00 e. The third-order valence-corrected chi connectivity index (χ3v) is 13.5. The fraction of sp³-hybridized carbons (Fsp3) is 0.364. The first kappa shape index (κ1) is 33.4. The topological polar surface area (TPSA) is 0 Å². The number of hydrogen-bond acceptors (Lipinski definition) is 1. The van der Waals surface area contributed by atoms with Gasteiger partial charge < -0.3 is 24.8 Å². The minimum absolute atomic E-state index is 0. The monoisotopic (exact) mass is 655 g/mol. The zero-order valence-electron chi connectivity index (χ0n) is 23.6. The molecule has 2 bridgehead atoms. The van der Waals surface area contributed by atoms with Crippen LogP contribution in [0.1, 0.15) is 71.5 Å². The van der Waals surface area contributed by atoms with Gasteiger partial charge in [-0.1, -0.05) is 92.9 Å². The Morgan fingerprint density at radius 2 is 1.58 bits per heavy atom. The minimum atomic E-state index is -0.995. The van der Waals surface area contributed by atoms with Gasteiger partial charge in [-0.2, -0.15) is 6.07 Å². The molecular weight excluding hydrogens is 619 g/mol. The molecule has 0 spiro atoms. The fourth-order valence-electron chi connectivity index (χ4n) is 6.53. The second-order valence-corrected chi connectivity index (χ2v) is 17.0. The van der Waals surface area contributed by atoms with Crippen LogP contribution in [0.5, 0.6) is 0 Å². The fourth-order valence-corrected chi connectivity index (χ4v) is 12.9. The number of halogens is 2. The molecule has 2 aliphatic heterocycles. The van der Waals surface area contributed by atoms with Crippen molar-refractivity contribution in [3.63, 3.8) is 0 Å². The maximum absolute atomic E-state index is 2.52. The number of thiophene rings is 1. The van der Waals surface area contributed by atoms with Gasteiger partial charge in [-0.25, -0.2) is 0 Å². The predicted molar refractivity (Wildman–Crippen MR) is 159 cm³/mol. The number of fused-ring (bicyclic) bond motifs is 1. The summed E-state index contributed by atoms with van der Waals surface area (Å²) in [4.78, 5) is 3.19. The summed E-state index contributed by atoms with van der Waals surface area (Å²) in [7, 11) is -0.995. The van der Waals surface area contributed by atoms with Crippen LogP contribution < -0.4 is 24.8 Å². The average molecular weight is 658 g/mol. The number of benzene rings is 2. The standard InChI is InChI=1S/C22H25.C11H14SSi.2ClH.Zr/c1-3-4-5-6-8-18-11-13-19(14-12-18)21-10-7-9-20-15-17(2)16-22(20)21;1-6-5-8-9(12-6)11-7(2)10(8)13(11,3)4;;;/h7,9-16H,3-6,8H2,1-2H3;5,11H,1-4H3;2*1H;/q-1;;;;+3/p-2. The Hall–Kier alpha value is -0.830. The molecule has 4 aromatic rings. The van der Waals surface area contributed by atoms with E-state index in [1.165, 1.54) is 70.0 Å². The number of unbranched alkanes of at least 4 members (excludes halogenated alkanes) is 3. The van der Waals surface area contributed by atoms with Gasteiger partial charge in [-0.3, -0.25) is 0 Å². The Morgan fingerprint density at radius 3 is 2.21 bits per heavy atom. The van der Waals surface area contributed by atoms with Crippen LogP contribution in [0, 0.1) is 13.8 Å². The van der Waals surface area contributed by atoms with Crippen LogP contribution in [0.3, 0.4) is 0 Å². The number of allylic oxidation sites excluding steroid dienone is 1. The summed E-state index contributed by atoms with van der Waals surface area (Å²) in [6.45, 7) is 14.0. The predicted octanol–water partition coefficient (Wildman–Crippen LogP) is 4.39. The van der Waals surface area contributed by atoms with E-state index in [1.807, 2.05) is 11.3 Å². The van der Waals surface area contributed by atoms with Crippen molar-refractivity contribution < 1.29 is 51.0 Å². The molecule has 1 atom stereocenters. The maximum atomic E-state index is 2.52. The van der Waals surface area contributed by atoms with Crippen molar-refractivity contribution in [2.45, 2.75) is 78.4 Å². The molecule has 5 heteroatoms. The van der Waals surface area contributed by atoms with E-state index in [0.29, 0.717) is 0 Å². The van der Waals surface area contributed by atoms with Gasteiger partial charge in [0.05, 0.1) is 8.07 Å². The van der Waals surface area contributed by atoms with E-state index in [9.17, 15) is 0 Å². The summed E-state index contributed by atoms with van der Waals surface area (Å²) >= 11 is 2.03. The SMILES string of the molecule is CC1=C2c3cc(C)sc3C1[Si]2(C)C.CCCCCCc1ccc(-c2cccc3[cH-]c(C)cc23)cc1.[Cl-].[Cl-].[Zr+3]. The summed E-state index contributed by atoms with van der Waals surface area (Å²) in [5.74, 6) is 0.